The lowest BCUT2D eigenvalue weighted by Crippen LogP contribution is -2.48. The van der Waals surface area contributed by atoms with E-state index in [2.05, 4.69) is 22.0 Å². The third-order valence-electron chi connectivity index (χ3n) is 3.93. The molecule has 1 aliphatic heterocycles. The van der Waals surface area contributed by atoms with Gasteiger partial charge in [0.05, 0.1) is 6.54 Å². The van der Waals surface area contributed by atoms with Gasteiger partial charge in [0.25, 0.3) is 0 Å². The first-order chi connectivity index (χ1) is 10.1. The molecule has 5 nitrogen and oxygen atoms in total. The van der Waals surface area contributed by atoms with E-state index in [4.69, 9.17) is 5.73 Å². The van der Waals surface area contributed by atoms with Gasteiger partial charge >= 0.3 is 0 Å². The first kappa shape index (κ1) is 15.8. The Morgan fingerprint density at radius 1 is 1.24 bits per heavy atom. The summed E-state index contributed by atoms with van der Waals surface area (Å²) in [4.78, 5) is 16.7. The summed E-state index contributed by atoms with van der Waals surface area (Å²) in [5, 5.41) is 2.92. The summed E-state index contributed by atoms with van der Waals surface area (Å²) >= 11 is 0. The molecule has 0 aromatic heterocycles. The summed E-state index contributed by atoms with van der Waals surface area (Å²) < 4.78 is 0. The van der Waals surface area contributed by atoms with Gasteiger partial charge in [0.2, 0.25) is 5.91 Å². The Morgan fingerprint density at radius 3 is 2.52 bits per heavy atom. The van der Waals surface area contributed by atoms with Crippen LogP contribution in [0.25, 0.3) is 0 Å². The summed E-state index contributed by atoms with van der Waals surface area (Å²) in [6, 6.07) is 5.63. The number of aryl methyl sites for hydroxylation is 1. The number of piperazine rings is 1. The average molecular weight is 290 g/mol. The zero-order valence-electron chi connectivity index (χ0n) is 13.1. The molecule has 0 aliphatic carbocycles. The van der Waals surface area contributed by atoms with E-state index in [9.17, 15) is 4.79 Å². The first-order valence-electron chi connectivity index (χ1n) is 7.69. The molecule has 0 atom stereocenters. The first-order valence-corrected chi connectivity index (χ1v) is 7.69. The maximum Gasteiger partial charge on any atom is 0.238 e. The Morgan fingerprint density at radius 2 is 1.90 bits per heavy atom. The van der Waals surface area contributed by atoms with Crippen molar-refractivity contribution in [2.75, 3.05) is 50.3 Å². The molecule has 0 bridgehead atoms. The minimum atomic E-state index is 0.0298. The van der Waals surface area contributed by atoms with E-state index in [1.165, 1.54) is 6.42 Å². The molecule has 1 amide bonds. The molecule has 21 heavy (non-hydrogen) atoms. The van der Waals surface area contributed by atoms with Crippen molar-refractivity contribution in [2.45, 2.75) is 20.3 Å². The Labute approximate surface area is 127 Å². The molecule has 2 rings (SSSR count). The quantitative estimate of drug-likeness (QED) is 0.808. The molecule has 5 heteroatoms. The van der Waals surface area contributed by atoms with Crippen molar-refractivity contribution in [1.82, 2.24) is 9.80 Å². The van der Waals surface area contributed by atoms with E-state index < -0.39 is 0 Å². The van der Waals surface area contributed by atoms with Gasteiger partial charge in [0.15, 0.2) is 0 Å². The second kappa shape index (κ2) is 7.43. The van der Waals surface area contributed by atoms with E-state index in [0.717, 1.165) is 44.0 Å². The molecule has 0 unspecified atom stereocenters. The van der Waals surface area contributed by atoms with Crippen molar-refractivity contribution in [3.05, 3.63) is 23.8 Å². The van der Waals surface area contributed by atoms with Gasteiger partial charge in [0, 0.05) is 37.6 Å². The molecule has 116 valence electrons. The number of rotatable bonds is 5. The van der Waals surface area contributed by atoms with Crippen LogP contribution in [-0.4, -0.2) is 55.0 Å². The number of anilines is 2. The van der Waals surface area contributed by atoms with Gasteiger partial charge in [-0.1, -0.05) is 13.0 Å². The number of benzene rings is 1. The summed E-state index contributed by atoms with van der Waals surface area (Å²) in [5.41, 5.74) is 8.37. The highest BCUT2D eigenvalue weighted by Crippen LogP contribution is 2.16. The topological polar surface area (TPSA) is 61.6 Å². The zero-order chi connectivity index (χ0) is 15.2. The van der Waals surface area contributed by atoms with Crippen molar-refractivity contribution in [3.8, 4) is 0 Å². The van der Waals surface area contributed by atoms with Crippen LogP contribution in [0.1, 0.15) is 18.9 Å². The number of hydrogen-bond acceptors (Lipinski definition) is 4. The molecular formula is C16H26N4O. The molecule has 1 aromatic rings. The fourth-order valence-electron chi connectivity index (χ4n) is 2.61. The summed E-state index contributed by atoms with van der Waals surface area (Å²) in [7, 11) is 0. The molecule has 1 aliphatic rings. The highest BCUT2D eigenvalue weighted by atomic mass is 16.2. The number of carbonyl (C=O) groups excluding carboxylic acids is 1. The molecule has 1 heterocycles. The lowest BCUT2D eigenvalue weighted by Gasteiger charge is -2.34. The Hall–Kier alpha value is -1.59. The largest absolute Gasteiger partial charge is 0.398 e. The smallest absolute Gasteiger partial charge is 0.238 e. The monoisotopic (exact) mass is 290 g/mol. The van der Waals surface area contributed by atoms with Gasteiger partial charge in [-0.05, 0) is 37.6 Å². The fraction of sp³-hybridized carbons (Fsp3) is 0.562. The van der Waals surface area contributed by atoms with Crippen molar-refractivity contribution < 1.29 is 4.79 Å². The Kier molecular flexibility index (Phi) is 5.59. The number of nitrogen functional groups attached to an aromatic ring is 1. The summed E-state index contributed by atoms with van der Waals surface area (Å²) in [6.07, 6.45) is 1.19. The van der Waals surface area contributed by atoms with Gasteiger partial charge in [-0.2, -0.15) is 0 Å². The van der Waals surface area contributed by atoms with Crippen LogP contribution < -0.4 is 11.1 Å². The second-order valence-corrected chi connectivity index (χ2v) is 5.74. The molecular weight excluding hydrogens is 264 g/mol. The maximum absolute atomic E-state index is 12.1. The lowest BCUT2D eigenvalue weighted by molar-refractivity contribution is -0.117. The number of nitrogens with one attached hydrogen (secondary N) is 1. The minimum absolute atomic E-state index is 0.0298. The van der Waals surface area contributed by atoms with E-state index in [0.29, 0.717) is 12.2 Å². The van der Waals surface area contributed by atoms with E-state index in [1.54, 1.807) is 0 Å². The number of amides is 1. The lowest BCUT2D eigenvalue weighted by atomic mass is 10.2. The summed E-state index contributed by atoms with van der Waals surface area (Å²) in [6.45, 7) is 9.80. The fourth-order valence-corrected chi connectivity index (χ4v) is 2.61. The van der Waals surface area contributed by atoms with Gasteiger partial charge in [0.1, 0.15) is 0 Å². The van der Waals surface area contributed by atoms with Crippen LogP contribution in [0.3, 0.4) is 0 Å². The predicted molar refractivity (Wildman–Crippen MR) is 87.4 cm³/mol. The van der Waals surface area contributed by atoms with Crippen LogP contribution in [0.15, 0.2) is 18.2 Å². The number of hydrogen-bond donors (Lipinski definition) is 2. The predicted octanol–water partition coefficient (Wildman–Crippen LogP) is 1.54. The van der Waals surface area contributed by atoms with Gasteiger partial charge in [-0.3, -0.25) is 9.69 Å². The van der Waals surface area contributed by atoms with Crippen LogP contribution in [0.4, 0.5) is 11.4 Å². The Bertz CT molecular complexity index is 481. The minimum Gasteiger partial charge on any atom is -0.398 e. The van der Waals surface area contributed by atoms with Crippen molar-refractivity contribution in [1.29, 1.82) is 0 Å². The molecule has 0 spiro atoms. The van der Waals surface area contributed by atoms with Crippen molar-refractivity contribution in [2.24, 2.45) is 0 Å². The number of nitrogens with two attached hydrogens (primary N) is 1. The average Bonchev–Trinajstić information content (AvgIpc) is 2.45. The highest BCUT2D eigenvalue weighted by molar-refractivity contribution is 5.92. The van der Waals surface area contributed by atoms with Gasteiger partial charge < -0.3 is 16.0 Å². The highest BCUT2D eigenvalue weighted by Gasteiger charge is 2.18. The number of carbonyl (C=O) groups is 1. The zero-order valence-corrected chi connectivity index (χ0v) is 13.1. The van der Waals surface area contributed by atoms with Crippen molar-refractivity contribution in [3.63, 3.8) is 0 Å². The van der Waals surface area contributed by atoms with Crippen LogP contribution >= 0.6 is 0 Å². The van der Waals surface area contributed by atoms with E-state index in [-0.39, 0.29) is 5.91 Å². The van der Waals surface area contributed by atoms with Gasteiger partial charge in [-0.15, -0.1) is 0 Å². The summed E-state index contributed by atoms with van der Waals surface area (Å²) in [5.74, 6) is 0.0298. The SMILES string of the molecule is CCCN1CCN(CC(=O)Nc2ccc(C)c(N)c2)CC1. The van der Waals surface area contributed by atoms with Crippen LogP contribution in [0.2, 0.25) is 0 Å². The number of nitrogens with zero attached hydrogens (tertiary/aromatic N) is 2. The second-order valence-electron chi connectivity index (χ2n) is 5.74. The third kappa shape index (κ3) is 4.72. The molecule has 1 saturated heterocycles. The maximum atomic E-state index is 12.1. The van der Waals surface area contributed by atoms with Crippen LogP contribution in [0.5, 0.6) is 0 Å². The molecule has 1 fully saturated rings. The molecule has 0 radical (unpaired) electrons. The standard InChI is InChI=1S/C16H26N4O/c1-3-6-19-7-9-20(10-8-19)12-16(21)18-14-5-4-13(2)15(17)11-14/h4-5,11H,3,6-10,12,17H2,1-2H3,(H,18,21). The van der Waals surface area contributed by atoms with Crippen LogP contribution in [0, 0.1) is 6.92 Å². The third-order valence-corrected chi connectivity index (χ3v) is 3.93. The van der Waals surface area contributed by atoms with Crippen LogP contribution in [-0.2, 0) is 4.79 Å². The van der Waals surface area contributed by atoms with E-state index >= 15 is 0 Å². The molecule has 3 N–H and O–H groups in total. The Balaban J connectivity index is 1.78. The normalized spacial score (nSPS) is 16.9. The molecule has 0 saturated carbocycles. The van der Waals surface area contributed by atoms with Crippen molar-refractivity contribution >= 4 is 17.3 Å². The van der Waals surface area contributed by atoms with Gasteiger partial charge in [-0.25, -0.2) is 0 Å². The van der Waals surface area contributed by atoms with E-state index in [1.807, 2.05) is 25.1 Å². The molecule has 1 aromatic carbocycles.